The smallest absolute Gasteiger partial charge is 0.142 e. The summed E-state index contributed by atoms with van der Waals surface area (Å²) in [6, 6.07) is 3.92. The molecule has 0 fully saturated rings. The number of anilines is 1. The van der Waals surface area contributed by atoms with Gasteiger partial charge in [-0.25, -0.2) is 0 Å². The lowest BCUT2D eigenvalue weighted by molar-refractivity contribution is 0.413. The average molecular weight is 310 g/mol. The van der Waals surface area contributed by atoms with E-state index in [1.54, 1.807) is 11.8 Å². The Bertz CT molecular complexity index is 585. The summed E-state index contributed by atoms with van der Waals surface area (Å²) < 4.78 is 8.09. The number of rotatable bonds is 2. The number of hydrogen-bond donors (Lipinski definition) is 1. The molecule has 4 nitrogen and oxygen atoms in total. The van der Waals surface area contributed by atoms with E-state index in [0.717, 1.165) is 21.5 Å². The van der Waals surface area contributed by atoms with Gasteiger partial charge in [0.15, 0.2) is 0 Å². The van der Waals surface area contributed by atoms with E-state index >= 15 is 0 Å². The van der Waals surface area contributed by atoms with Gasteiger partial charge < -0.3 is 10.5 Å². The minimum absolute atomic E-state index is 0.626. The van der Waals surface area contributed by atoms with Crippen LogP contribution in [0.3, 0.4) is 0 Å². The van der Waals surface area contributed by atoms with E-state index in [1.165, 1.54) is 11.1 Å². The van der Waals surface area contributed by atoms with Gasteiger partial charge in [-0.2, -0.15) is 5.10 Å². The van der Waals surface area contributed by atoms with Crippen LogP contribution in [-0.2, 0) is 7.05 Å². The number of nitrogens with zero attached hydrogens (tertiary/aromatic N) is 2. The molecule has 0 saturated carbocycles. The SMILES string of the molecule is COc1c(-c2cc(N)n(C)n2)cc(C)c(C)c1Br. The maximum atomic E-state index is 5.82. The molecule has 1 aromatic carbocycles. The molecule has 0 aliphatic heterocycles. The van der Waals surface area contributed by atoms with E-state index in [-0.39, 0.29) is 0 Å². The zero-order valence-electron chi connectivity index (χ0n) is 10.9. The minimum atomic E-state index is 0.626. The first-order valence-corrected chi connectivity index (χ1v) is 6.38. The number of methoxy groups -OCH3 is 1. The Morgan fingerprint density at radius 1 is 1.33 bits per heavy atom. The quantitative estimate of drug-likeness (QED) is 0.927. The Balaban J connectivity index is 2.70. The number of halogens is 1. The summed E-state index contributed by atoms with van der Waals surface area (Å²) >= 11 is 3.57. The Morgan fingerprint density at radius 3 is 2.50 bits per heavy atom. The van der Waals surface area contributed by atoms with Crippen LogP contribution in [0.25, 0.3) is 11.3 Å². The van der Waals surface area contributed by atoms with E-state index in [2.05, 4.69) is 40.9 Å². The highest BCUT2D eigenvalue weighted by Crippen LogP contribution is 2.39. The average Bonchev–Trinajstić information content (AvgIpc) is 2.66. The molecule has 0 aliphatic carbocycles. The normalized spacial score (nSPS) is 10.7. The lowest BCUT2D eigenvalue weighted by Crippen LogP contribution is -1.97. The van der Waals surface area contributed by atoms with Gasteiger partial charge in [0, 0.05) is 18.7 Å². The number of nitrogens with two attached hydrogens (primary N) is 1. The zero-order chi connectivity index (χ0) is 13.4. The van der Waals surface area contributed by atoms with Gasteiger partial charge in [0.25, 0.3) is 0 Å². The van der Waals surface area contributed by atoms with E-state index < -0.39 is 0 Å². The highest BCUT2D eigenvalue weighted by molar-refractivity contribution is 9.10. The van der Waals surface area contributed by atoms with Crippen molar-refractivity contribution in [2.75, 3.05) is 12.8 Å². The molecule has 1 heterocycles. The molecule has 0 bridgehead atoms. The maximum absolute atomic E-state index is 5.82. The molecule has 0 radical (unpaired) electrons. The monoisotopic (exact) mass is 309 g/mol. The van der Waals surface area contributed by atoms with Gasteiger partial charge in [-0.15, -0.1) is 0 Å². The highest BCUT2D eigenvalue weighted by Gasteiger charge is 2.16. The molecule has 1 aromatic heterocycles. The first-order chi connectivity index (χ1) is 8.45. The topological polar surface area (TPSA) is 53.1 Å². The van der Waals surface area contributed by atoms with Crippen molar-refractivity contribution in [2.24, 2.45) is 7.05 Å². The number of benzene rings is 1. The second-order valence-electron chi connectivity index (χ2n) is 4.29. The lowest BCUT2D eigenvalue weighted by Gasteiger charge is -2.13. The van der Waals surface area contributed by atoms with E-state index in [0.29, 0.717) is 5.82 Å². The molecule has 0 atom stereocenters. The fourth-order valence-electron chi connectivity index (χ4n) is 1.86. The van der Waals surface area contributed by atoms with Gasteiger partial charge in [0.05, 0.1) is 17.3 Å². The van der Waals surface area contributed by atoms with Crippen molar-refractivity contribution in [3.05, 3.63) is 27.7 Å². The summed E-state index contributed by atoms with van der Waals surface area (Å²) in [7, 11) is 3.48. The van der Waals surface area contributed by atoms with Gasteiger partial charge in [-0.05, 0) is 47.0 Å². The summed E-state index contributed by atoms with van der Waals surface area (Å²) in [6.07, 6.45) is 0. The van der Waals surface area contributed by atoms with Crippen LogP contribution in [0.15, 0.2) is 16.6 Å². The molecular weight excluding hydrogens is 294 g/mol. The Labute approximate surface area is 115 Å². The van der Waals surface area contributed by atoms with Crippen LogP contribution in [0.5, 0.6) is 5.75 Å². The summed E-state index contributed by atoms with van der Waals surface area (Å²) in [5, 5.41) is 4.39. The van der Waals surface area contributed by atoms with Crippen molar-refractivity contribution >= 4 is 21.7 Å². The number of aromatic nitrogens is 2. The van der Waals surface area contributed by atoms with Gasteiger partial charge in [-0.3, -0.25) is 4.68 Å². The van der Waals surface area contributed by atoms with Crippen LogP contribution in [-0.4, -0.2) is 16.9 Å². The third-order valence-electron chi connectivity index (χ3n) is 3.12. The number of ether oxygens (including phenoxy) is 1. The summed E-state index contributed by atoms with van der Waals surface area (Å²) in [6.45, 7) is 4.12. The first kappa shape index (κ1) is 13.0. The molecule has 0 aliphatic rings. The van der Waals surface area contributed by atoms with Crippen LogP contribution >= 0.6 is 15.9 Å². The molecule has 0 saturated heterocycles. The van der Waals surface area contributed by atoms with Crippen molar-refractivity contribution in [2.45, 2.75) is 13.8 Å². The number of nitrogen functional groups attached to an aromatic ring is 1. The van der Waals surface area contributed by atoms with Gasteiger partial charge in [0.1, 0.15) is 11.6 Å². The van der Waals surface area contributed by atoms with Gasteiger partial charge in [-0.1, -0.05) is 0 Å². The largest absolute Gasteiger partial charge is 0.495 e. The number of aryl methyl sites for hydroxylation is 2. The van der Waals surface area contributed by atoms with Crippen molar-refractivity contribution in [3.8, 4) is 17.0 Å². The fraction of sp³-hybridized carbons (Fsp3) is 0.308. The first-order valence-electron chi connectivity index (χ1n) is 5.59. The predicted molar refractivity (Wildman–Crippen MR) is 76.8 cm³/mol. The molecule has 2 N–H and O–H groups in total. The molecule has 2 rings (SSSR count). The fourth-order valence-corrected chi connectivity index (χ4v) is 2.54. The van der Waals surface area contributed by atoms with Crippen molar-refractivity contribution in [3.63, 3.8) is 0 Å². The lowest BCUT2D eigenvalue weighted by atomic mass is 10.0. The second kappa shape index (κ2) is 4.65. The summed E-state index contributed by atoms with van der Waals surface area (Å²) in [5.41, 5.74) is 9.93. The minimum Gasteiger partial charge on any atom is -0.495 e. The van der Waals surface area contributed by atoms with Gasteiger partial charge >= 0.3 is 0 Å². The molecule has 0 spiro atoms. The van der Waals surface area contributed by atoms with Crippen LogP contribution in [0.2, 0.25) is 0 Å². The van der Waals surface area contributed by atoms with E-state index in [1.807, 2.05) is 13.1 Å². The Morgan fingerprint density at radius 2 is 2.00 bits per heavy atom. The van der Waals surface area contributed by atoms with Crippen LogP contribution < -0.4 is 10.5 Å². The van der Waals surface area contributed by atoms with Crippen LogP contribution in [0.1, 0.15) is 11.1 Å². The molecular formula is C13H16BrN3O. The highest BCUT2D eigenvalue weighted by atomic mass is 79.9. The summed E-state index contributed by atoms with van der Waals surface area (Å²) in [5.74, 6) is 1.41. The molecule has 5 heteroatoms. The standard InChI is InChI=1S/C13H16BrN3O/c1-7-5-9(10-6-11(15)17(3)16-10)13(18-4)12(14)8(7)2/h5-6H,15H2,1-4H3. The predicted octanol–water partition coefficient (Wildman–Crippen LogP) is 3.06. The maximum Gasteiger partial charge on any atom is 0.142 e. The molecule has 0 amide bonds. The Hall–Kier alpha value is -1.49. The number of hydrogen-bond acceptors (Lipinski definition) is 3. The van der Waals surface area contributed by atoms with E-state index in [9.17, 15) is 0 Å². The van der Waals surface area contributed by atoms with Crippen molar-refractivity contribution in [1.82, 2.24) is 9.78 Å². The van der Waals surface area contributed by atoms with Crippen molar-refractivity contribution < 1.29 is 4.74 Å². The molecule has 2 aromatic rings. The molecule has 96 valence electrons. The van der Waals surface area contributed by atoms with Crippen LogP contribution in [0.4, 0.5) is 5.82 Å². The third kappa shape index (κ3) is 1.99. The van der Waals surface area contributed by atoms with Gasteiger partial charge in [0.2, 0.25) is 0 Å². The zero-order valence-corrected chi connectivity index (χ0v) is 12.5. The third-order valence-corrected chi connectivity index (χ3v) is 4.08. The van der Waals surface area contributed by atoms with Crippen molar-refractivity contribution in [1.29, 1.82) is 0 Å². The summed E-state index contributed by atoms with van der Waals surface area (Å²) in [4.78, 5) is 0. The molecule has 0 unspecified atom stereocenters. The Kier molecular flexibility index (Phi) is 3.34. The molecule has 18 heavy (non-hydrogen) atoms. The second-order valence-corrected chi connectivity index (χ2v) is 5.08. The van der Waals surface area contributed by atoms with Crippen LogP contribution in [0, 0.1) is 13.8 Å². The van der Waals surface area contributed by atoms with E-state index in [4.69, 9.17) is 10.5 Å².